The Morgan fingerprint density at radius 2 is 1.57 bits per heavy atom. The maximum atomic E-state index is 9.39. The van der Waals surface area contributed by atoms with Gasteiger partial charge in [0.25, 0.3) is 0 Å². The number of aliphatic hydroxyl groups is 1. The number of rotatable bonds is 2. The Bertz CT molecular complexity index is 791. The summed E-state index contributed by atoms with van der Waals surface area (Å²) in [4.78, 5) is 11.2. The van der Waals surface area contributed by atoms with Crippen LogP contribution in [0.2, 0.25) is 0 Å². The second-order valence-electron chi connectivity index (χ2n) is 5.26. The molecule has 4 nitrogen and oxygen atoms in total. The quantitative estimate of drug-likeness (QED) is 0.782. The van der Waals surface area contributed by atoms with Crippen molar-refractivity contribution < 1.29 is 5.11 Å². The summed E-state index contributed by atoms with van der Waals surface area (Å²) in [5, 5.41) is 10.4. The maximum absolute atomic E-state index is 9.39. The first-order valence-electron chi connectivity index (χ1n) is 7.03. The Morgan fingerprint density at radius 3 is 2.29 bits per heavy atom. The number of benzene rings is 2. The largest absolute Gasteiger partial charge is 0.388 e. The molecule has 2 heterocycles. The van der Waals surface area contributed by atoms with E-state index in [1.165, 1.54) is 11.1 Å². The summed E-state index contributed by atoms with van der Waals surface area (Å²) >= 11 is 0. The third-order valence-electron chi connectivity index (χ3n) is 3.91. The van der Waals surface area contributed by atoms with Gasteiger partial charge in [-0.15, -0.1) is 0 Å². The molecule has 0 radical (unpaired) electrons. The Labute approximate surface area is 122 Å². The average Bonchev–Trinajstić information content (AvgIpc) is 2.97. The molecule has 0 fully saturated rings. The van der Waals surface area contributed by atoms with Crippen molar-refractivity contribution in [1.82, 2.24) is 9.97 Å². The summed E-state index contributed by atoms with van der Waals surface area (Å²) in [5.74, 6) is 1.38. The minimum absolute atomic E-state index is 0.140. The number of para-hydroxylation sites is 1. The molecule has 4 rings (SSSR count). The van der Waals surface area contributed by atoms with Crippen LogP contribution in [-0.2, 0) is 19.7 Å². The molecule has 0 saturated carbocycles. The molecule has 0 unspecified atom stereocenters. The van der Waals surface area contributed by atoms with Crippen LogP contribution >= 0.6 is 0 Å². The van der Waals surface area contributed by atoms with Crippen molar-refractivity contribution in [3.05, 3.63) is 65.5 Å². The van der Waals surface area contributed by atoms with Crippen LogP contribution in [0.15, 0.2) is 48.5 Å². The first kappa shape index (κ1) is 12.3. The number of anilines is 1. The van der Waals surface area contributed by atoms with Gasteiger partial charge >= 0.3 is 0 Å². The van der Waals surface area contributed by atoms with Crippen LogP contribution in [0, 0.1) is 0 Å². The summed E-state index contributed by atoms with van der Waals surface area (Å²) in [5.41, 5.74) is 3.55. The predicted molar refractivity (Wildman–Crippen MR) is 81.8 cm³/mol. The van der Waals surface area contributed by atoms with Crippen LogP contribution in [0.1, 0.15) is 17.0 Å². The van der Waals surface area contributed by atoms with E-state index in [0.29, 0.717) is 5.82 Å². The molecule has 21 heavy (non-hydrogen) atoms. The summed E-state index contributed by atoms with van der Waals surface area (Å²) in [6.07, 6.45) is 0. The Morgan fingerprint density at radius 1 is 0.905 bits per heavy atom. The molecule has 3 aromatic rings. The predicted octanol–water partition coefficient (Wildman–Crippen LogP) is 2.64. The summed E-state index contributed by atoms with van der Waals surface area (Å²) in [6.45, 7) is 1.56. The van der Waals surface area contributed by atoms with Gasteiger partial charge in [0.15, 0.2) is 5.82 Å². The van der Waals surface area contributed by atoms with Crippen LogP contribution in [0.4, 0.5) is 5.82 Å². The second kappa shape index (κ2) is 4.82. The fourth-order valence-corrected chi connectivity index (χ4v) is 2.90. The van der Waals surface area contributed by atoms with Crippen molar-refractivity contribution in [2.24, 2.45) is 0 Å². The van der Waals surface area contributed by atoms with Crippen molar-refractivity contribution in [2.45, 2.75) is 19.7 Å². The van der Waals surface area contributed by atoms with Gasteiger partial charge in [-0.1, -0.05) is 36.4 Å². The van der Waals surface area contributed by atoms with E-state index in [9.17, 15) is 5.11 Å². The molecule has 0 amide bonds. The Kier molecular flexibility index (Phi) is 2.82. The highest BCUT2D eigenvalue weighted by molar-refractivity contribution is 5.89. The van der Waals surface area contributed by atoms with Gasteiger partial charge in [0, 0.05) is 18.5 Å². The highest BCUT2D eigenvalue weighted by atomic mass is 16.3. The zero-order chi connectivity index (χ0) is 14.2. The number of hydrogen-bond donors (Lipinski definition) is 1. The van der Waals surface area contributed by atoms with E-state index < -0.39 is 0 Å². The number of nitrogens with zero attached hydrogens (tertiary/aromatic N) is 3. The van der Waals surface area contributed by atoms with Crippen molar-refractivity contribution in [1.29, 1.82) is 0 Å². The van der Waals surface area contributed by atoms with Gasteiger partial charge in [0.2, 0.25) is 0 Å². The van der Waals surface area contributed by atoms with Gasteiger partial charge in [-0.25, -0.2) is 9.97 Å². The average molecular weight is 277 g/mol. The van der Waals surface area contributed by atoms with Crippen LogP contribution in [0.5, 0.6) is 0 Å². The van der Waals surface area contributed by atoms with E-state index in [0.717, 1.165) is 29.8 Å². The molecule has 104 valence electrons. The van der Waals surface area contributed by atoms with E-state index in [4.69, 9.17) is 0 Å². The van der Waals surface area contributed by atoms with Crippen LogP contribution < -0.4 is 4.90 Å². The minimum atomic E-state index is -0.140. The molecule has 1 aliphatic heterocycles. The lowest BCUT2D eigenvalue weighted by Gasteiger charge is -2.19. The van der Waals surface area contributed by atoms with Crippen molar-refractivity contribution in [3.8, 4) is 0 Å². The molecule has 0 saturated heterocycles. The van der Waals surface area contributed by atoms with Crippen molar-refractivity contribution >= 4 is 16.7 Å². The van der Waals surface area contributed by atoms with Crippen LogP contribution in [0.3, 0.4) is 0 Å². The Hall–Kier alpha value is -2.46. The molecule has 1 aromatic heterocycles. The number of aromatic nitrogens is 2. The van der Waals surface area contributed by atoms with Gasteiger partial charge in [-0.2, -0.15) is 0 Å². The van der Waals surface area contributed by atoms with E-state index in [2.05, 4.69) is 39.1 Å². The highest BCUT2D eigenvalue weighted by Gasteiger charge is 2.22. The van der Waals surface area contributed by atoms with Gasteiger partial charge in [-0.05, 0) is 23.3 Å². The monoisotopic (exact) mass is 277 g/mol. The van der Waals surface area contributed by atoms with E-state index in [1.54, 1.807) is 0 Å². The fraction of sp³-hybridized carbons (Fsp3) is 0.176. The third kappa shape index (κ3) is 2.04. The summed E-state index contributed by atoms with van der Waals surface area (Å²) in [7, 11) is 0. The Balaban J connectivity index is 1.84. The lowest BCUT2D eigenvalue weighted by molar-refractivity contribution is 0.272. The molecule has 2 aromatic carbocycles. The molecule has 4 heteroatoms. The lowest BCUT2D eigenvalue weighted by Crippen LogP contribution is -2.17. The van der Waals surface area contributed by atoms with Crippen molar-refractivity contribution in [3.63, 3.8) is 0 Å². The van der Waals surface area contributed by atoms with E-state index >= 15 is 0 Å². The van der Waals surface area contributed by atoms with Gasteiger partial charge < -0.3 is 10.0 Å². The molecule has 0 aliphatic carbocycles. The molecular weight excluding hydrogens is 262 g/mol. The smallest absolute Gasteiger partial charge is 0.156 e. The van der Waals surface area contributed by atoms with Crippen molar-refractivity contribution in [2.75, 3.05) is 4.90 Å². The van der Waals surface area contributed by atoms with Gasteiger partial charge in [0.1, 0.15) is 12.4 Å². The highest BCUT2D eigenvalue weighted by Crippen LogP contribution is 2.31. The molecule has 0 spiro atoms. The third-order valence-corrected chi connectivity index (χ3v) is 3.91. The molecule has 1 N–H and O–H groups in total. The summed E-state index contributed by atoms with van der Waals surface area (Å²) < 4.78 is 0. The molecule has 0 atom stereocenters. The number of fused-ring (bicyclic) bond motifs is 2. The lowest BCUT2D eigenvalue weighted by atomic mass is 10.1. The molecular formula is C17H15N3O. The number of hydrogen-bond acceptors (Lipinski definition) is 4. The summed E-state index contributed by atoms with van der Waals surface area (Å²) in [6, 6.07) is 16.4. The molecule has 0 bridgehead atoms. The normalized spacial score (nSPS) is 13.7. The topological polar surface area (TPSA) is 49.3 Å². The molecule has 1 aliphatic rings. The maximum Gasteiger partial charge on any atom is 0.156 e. The SMILES string of the molecule is OCc1nc(N2Cc3ccccc3C2)c2ccccc2n1. The van der Waals surface area contributed by atoms with E-state index in [1.807, 2.05) is 24.3 Å². The van der Waals surface area contributed by atoms with Crippen LogP contribution in [-0.4, -0.2) is 15.1 Å². The standard InChI is InChI=1S/C17H15N3O/c21-11-16-18-15-8-4-3-7-14(15)17(19-16)20-9-12-5-1-2-6-13(12)10-20/h1-8,21H,9-11H2. The first-order valence-corrected chi connectivity index (χ1v) is 7.03. The zero-order valence-electron chi connectivity index (χ0n) is 11.5. The van der Waals surface area contributed by atoms with Gasteiger partial charge in [0.05, 0.1) is 5.52 Å². The second-order valence-corrected chi connectivity index (χ2v) is 5.26. The van der Waals surface area contributed by atoms with E-state index in [-0.39, 0.29) is 6.61 Å². The van der Waals surface area contributed by atoms with Crippen LogP contribution in [0.25, 0.3) is 10.9 Å². The minimum Gasteiger partial charge on any atom is -0.388 e. The zero-order valence-corrected chi connectivity index (χ0v) is 11.5. The first-order chi connectivity index (χ1) is 10.3. The number of aliphatic hydroxyl groups excluding tert-OH is 1. The fourth-order valence-electron chi connectivity index (χ4n) is 2.90. The van der Waals surface area contributed by atoms with Gasteiger partial charge in [-0.3, -0.25) is 0 Å².